The van der Waals surface area contributed by atoms with Crippen LogP contribution in [0.1, 0.15) is 17.3 Å². The van der Waals surface area contributed by atoms with Crippen molar-refractivity contribution in [1.29, 1.82) is 0 Å². The molecule has 0 spiro atoms. The van der Waals surface area contributed by atoms with E-state index in [0.717, 1.165) is 16.6 Å². The summed E-state index contributed by atoms with van der Waals surface area (Å²) in [5.74, 6) is 0. The summed E-state index contributed by atoms with van der Waals surface area (Å²) >= 11 is 0. The molecule has 5 heteroatoms. The molecule has 0 saturated heterocycles. The van der Waals surface area contributed by atoms with Gasteiger partial charge in [-0.05, 0) is 23.2 Å². The molecule has 0 fully saturated rings. The fraction of sp³-hybridized carbons (Fsp3) is 0.0667. The molecule has 3 rings (SSSR count). The Kier molecular flexibility index (Phi) is 3.27. The summed E-state index contributed by atoms with van der Waals surface area (Å²) in [5, 5.41) is 3.85. The molecule has 3 aromatic rings. The van der Waals surface area contributed by atoms with E-state index in [0.29, 0.717) is 5.69 Å². The number of fused-ring (bicyclic) bond motifs is 1. The normalized spacial score (nSPS) is 11.8. The molecule has 0 radical (unpaired) electrons. The predicted octanol–water partition coefficient (Wildman–Crippen LogP) is 4.03. The lowest BCUT2D eigenvalue weighted by atomic mass is 10.1. The van der Waals surface area contributed by atoms with Gasteiger partial charge in [-0.2, -0.15) is 0 Å². The van der Waals surface area contributed by atoms with Gasteiger partial charge in [-0.15, -0.1) is 0 Å². The molecule has 0 bridgehead atoms. The minimum Gasteiger partial charge on any atom is -0.253 e. The second kappa shape index (κ2) is 5.38. The minimum absolute atomic E-state index is 0.460. The highest BCUT2D eigenvalue weighted by molar-refractivity contribution is 5.73. The lowest BCUT2D eigenvalue weighted by Gasteiger charge is -2.11. The number of hydrogen-bond acceptors (Lipinski definition) is 3. The Morgan fingerprint density at radius 1 is 0.950 bits per heavy atom. The predicted molar refractivity (Wildman–Crippen MR) is 77.0 cm³/mol. The first-order valence-corrected chi connectivity index (χ1v) is 6.19. The average Bonchev–Trinajstić information content (AvgIpc) is 2.53. The molecule has 1 atom stereocenters. The van der Waals surface area contributed by atoms with Crippen LogP contribution >= 0.6 is 0 Å². The lowest BCUT2D eigenvalue weighted by molar-refractivity contribution is 0.818. The lowest BCUT2D eigenvalue weighted by Crippen LogP contribution is -2.01. The molecule has 1 aromatic heterocycles. The van der Waals surface area contributed by atoms with Crippen LogP contribution in [-0.4, -0.2) is 9.97 Å². The summed E-state index contributed by atoms with van der Waals surface area (Å²) in [6.07, 6.45) is 1.66. The molecule has 96 valence electrons. The number of aromatic nitrogens is 2. The molecule has 0 aliphatic carbocycles. The van der Waals surface area contributed by atoms with Crippen LogP contribution in [0.25, 0.3) is 21.5 Å². The summed E-state index contributed by atoms with van der Waals surface area (Å²) in [4.78, 5) is 11.8. The molecule has 20 heavy (non-hydrogen) atoms. The van der Waals surface area contributed by atoms with Gasteiger partial charge in [-0.1, -0.05) is 47.6 Å². The summed E-state index contributed by atoms with van der Waals surface area (Å²) in [7, 11) is 0. The number of hydrogen-bond donors (Lipinski definition) is 0. The number of rotatable bonds is 3. The second-order valence-electron chi connectivity index (χ2n) is 4.30. The quantitative estimate of drug-likeness (QED) is 0.405. The third-order valence-corrected chi connectivity index (χ3v) is 3.03. The maximum Gasteiger partial charge on any atom is 0.106 e. The molecule has 0 amide bonds. The fourth-order valence-corrected chi connectivity index (χ4v) is 2.09. The minimum atomic E-state index is -0.460. The zero-order valence-corrected chi connectivity index (χ0v) is 10.6. The number of azide groups is 1. The van der Waals surface area contributed by atoms with Crippen LogP contribution in [0.4, 0.5) is 0 Å². The molecule has 1 heterocycles. The first-order valence-electron chi connectivity index (χ1n) is 6.19. The molecular formula is C15H11N5. The molecular weight excluding hydrogens is 250 g/mol. The monoisotopic (exact) mass is 261 g/mol. The Morgan fingerprint density at radius 3 is 2.40 bits per heavy atom. The second-order valence-corrected chi connectivity index (χ2v) is 4.30. The standard InChI is InChI=1S/C15H11N5/c16-20-19-15(11-6-2-1-3-7-11)14-10-17-12-8-4-5-9-13(12)18-14/h1-10,15H. The Hall–Kier alpha value is -2.91. The Labute approximate surface area is 115 Å². The number of benzene rings is 2. The number of para-hydroxylation sites is 2. The van der Waals surface area contributed by atoms with Crippen molar-refractivity contribution in [3.63, 3.8) is 0 Å². The highest BCUT2D eigenvalue weighted by Gasteiger charge is 2.14. The maximum absolute atomic E-state index is 8.78. The summed E-state index contributed by atoms with van der Waals surface area (Å²) in [6.45, 7) is 0. The smallest absolute Gasteiger partial charge is 0.106 e. The van der Waals surface area contributed by atoms with Crippen molar-refractivity contribution in [2.45, 2.75) is 6.04 Å². The molecule has 5 nitrogen and oxygen atoms in total. The Morgan fingerprint density at radius 2 is 1.65 bits per heavy atom. The highest BCUT2D eigenvalue weighted by Crippen LogP contribution is 2.25. The highest BCUT2D eigenvalue weighted by atomic mass is 15.2. The van der Waals surface area contributed by atoms with Gasteiger partial charge in [-0.25, -0.2) is 4.98 Å². The third-order valence-electron chi connectivity index (χ3n) is 3.03. The van der Waals surface area contributed by atoms with Crippen LogP contribution in [0.15, 0.2) is 65.9 Å². The van der Waals surface area contributed by atoms with Gasteiger partial charge in [0.05, 0.1) is 16.7 Å². The van der Waals surface area contributed by atoms with E-state index in [1.807, 2.05) is 54.6 Å². The Balaban J connectivity index is 2.12. The van der Waals surface area contributed by atoms with E-state index < -0.39 is 6.04 Å². The topological polar surface area (TPSA) is 74.5 Å². The van der Waals surface area contributed by atoms with Crippen LogP contribution in [0.3, 0.4) is 0 Å². The first-order chi connectivity index (χ1) is 9.88. The van der Waals surface area contributed by atoms with Crippen LogP contribution in [0.2, 0.25) is 0 Å². The molecule has 0 N–H and O–H groups in total. The van der Waals surface area contributed by atoms with Crippen molar-refractivity contribution >= 4 is 11.0 Å². The van der Waals surface area contributed by atoms with Crippen molar-refractivity contribution in [2.24, 2.45) is 5.11 Å². The molecule has 0 aliphatic heterocycles. The van der Waals surface area contributed by atoms with Crippen molar-refractivity contribution in [2.75, 3.05) is 0 Å². The fourth-order valence-electron chi connectivity index (χ4n) is 2.09. The summed E-state index contributed by atoms with van der Waals surface area (Å²) < 4.78 is 0. The third kappa shape index (κ3) is 2.30. The van der Waals surface area contributed by atoms with E-state index >= 15 is 0 Å². The van der Waals surface area contributed by atoms with Gasteiger partial charge in [0, 0.05) is 11.1 Å². The Bertz CT molecular complexity index is 778. The SMILES string of the molecule is [N-]=[N+]=NC(c1ccccc1)c1cnc2ccccc2n1. The van der Waals surface area contributed by atoms with E-state index in [1.54, 1.807) is 6.20 Å². The largest absolute Gasteiger partial charge is 0.253 e. The van der Waals surface area contributed by atoms with Crippen LogP contribution in [0, 0.1) is 0 Å². The van der Waals surface area contributed by atoms with E-state index in [-0.39, 0.29) is 0 Å². The van der Waals surface area contributed by atoms with Crippen molar-refractivity contribution in [3.05, 3.63) is 82.5 Å². The zero-order valence-electron chi connectivity index (χ0n) is 10.6. The average molecular weight is 261 g/mol. The van der Waals surface area contributed by atoms with Crippen LogP contribution in [-0.2, 0) is 0 Å². The van der Waals surface area contributed by atoms with E-state index in [2.05, 4.69) is 20.0 Å². The van der Waals surface area contributed by atoms with Gasteiger partial charge in [0.1, 0.15) is 6.04 Å². The summed E-state index contributed by atoms with van der Waals surface area (Å²) in [5.41, 5.74) is 11.9. The molecule has 0 aliphatic rings. The first kappa shape index (κ1) is 12.1. The van der Waals surface area contributed by atoms with Crippen molar-refractivity contribution in [3.8, 4) is 0 Å². The number of nitrogens with zero attached hydrogens (tertiary/aromatic N) is 5. The van der Waals surface area contributed by atoms with Gasteiger partial charge < -0.3 is 0 Å². The van der Waals surface area contributed by atoms with Gasteiger partial charge in [0.25, 0.3) is 0 Å². The van der Waals surface area contributed by atoms with E-state index in [4.69, 9.17) is 5.53 Å². The zero-order chi connectivity index (χ0) is 13.8. The van der Waals surface area contributed by atoms with Gasteiger partial charge >= 0.3 is 0 Å². The molecule has 1 unspecified atom stereocenters. The van der Waals surface area contributed by atoms with E-state index in [1.165, 1.54) is 0 Å². The van der Waals surface area contributed by atoms with Crippen molar-refractivity contribution in [1.82, 2.24) is 9.97 Å². The van der Waals surface area contributed by atoms with Gasteiger partial charge in [0.15, 0.2) is 0 Å². The van der Waals surface area contributed by atoms with Gasteiger partial charge in [-0.3, -0.25) is 4.98 Å². The molecule has 2 aromatic carbocycles. The molecule has 0 saturated carbocycles. The van der Waals surface area contributed by atoms with Crippen LogP contribution < -0.4 is 0 Å². The van der Waals surface area contributed by atoms with E-state index in [9.17, 15) is 0 Å². The summed E-state index contributed by atoms with van der Waals surface area (Å²) in [6, 6.07) is 16.7. The van der Waals surface area contributed by atoms with Gasteiger partial charge in [0.2, 0.25) is 0 Å². The van der Waals surface area contributed by atoms with Crippen molar-refractivity contribution < 1.29 is 0 Å². The van der Waals surface area contributed by atoms with Crippen LogP contribution in [0.5, 0.6) is 0 Å². The maximum atomic E-state index is 8.78.